The number of aryl methyl sites for hydroxylation is 1. The largest absolute Gasteiger partial charge is 0.393 e. The van der Waals surface area contributed by atoms with Crippen LogP contribution in [-0.4, -0.2) is 32.9 Å². The van der Waals surface area contributed by atoms with Crippen molar-refractivity contribution in [2.75, 3.05) is 0 Å². The first kappa shape index (κ1) is 13.1. The molecule has 0 aromatic carbocycles. The van der Waals surface area contributed by atoms with E-state index in [1.165, 1.54) is 0 Å². The molecule has 0 radical (unpaired) electrons. The Morgan fingerprint density at radius 3 is 2.89 bits per heavy atom. The highest BCUT2D eigenvalue weighted by Crippen LogP contribution is 2.31. The number of amides is 1. The third-order valence-corrected chi connectivity index (χ3v) is 3.57. The van der Waals surface area contributed by atoms with Crippen LogP contribution in [0, 0.1) is 12.8 Å². The molecule has 1 aliphatic carbocycles. The molecule has 2 rings (SSSR count). The van der Waals surface area contributed by atoms with Crippen LogP contribution in [-0.2, 0) is 11.3 Å². The van der Waals surface area contributed by atoms with Gasteiger partial charge in [-0.25, -0.2) is 0 Å². The summed E-state index contributed by atoms with van der Waals surface area (Å²) in [5.74, 6) is 0.416. The quantitative estimate of drug-likeness (QED) is 0.815. The zero-order valence-electron chi connectivity index (χ0n) is 11.0. The highest BCUT2D eigenvalue weighted by molar-refractivity contribution is 5.76. The van der Waals surface area contributed by atoms with E-state index in [2.05, 4.69) is 17.3 Å². The molecule has 100 valence electrons. The summed E-state index contributed by atoms with van der Waals surface area (Å²) in [6.45, 7) is 4.28. The van der Waals surface area contributed by atoms with Crippen molar-refractivity contribution in [3.8, 4) is 0 Å². The molecule has 0 saturated heterocycles. The molecule has 1 aromatic heterocycles. The van der Waals surface area contributed by atoms with Gasteiger partial charge < -0.3 is 10.4 Å². The lowest BCUT2D eigenvalue weighted by atomic mass is 9.76. The smallest absolute Gasteiger partial charge is 0.241 e. The number of aliphatic hydroxyl groups excluding tert-OH is 1. The molecule has 1 fully saturated rings. The summed E-state index contributed by atoms with van der Waals surface area (Å²) in [4.78, 5) is 11.9. The lowest BCUT2D eigenvalue weighted by molar-refractivity contribution is -0.123. The Labute approximate surface area is 107 Å². The van der Waals surface area contributed by atoms with Gasteiger partial charge in [0, 0.05) is 12.2 Å². The van der Waals surface area contributed by atoms with Crippen molar-refractivity contribution in [1.29, 1.82) is 0 Å². The lowest BCUT2D eigenvalue weighted by Crippen LogP contribution is -2.47. The molecule has 0 bridgehead atoms. The molecule has 0 unspecified atom stereocenters. The fourth-order valence-corrected chi connectivity index (χ4v) is 2.46. The third-order valence-electron chi connectivity index (χ3n) is 3.57. The maximum absolute atomic E-state index is 11.9. The zero-order chi connectivity index (χ0) is 13.1. The van der Waals surface area contributed by atoms with Crippen molar-refractivity contribution in [3.05, 3.63) is 18.0 Å². The van der Waals surface area contributed by atoms with Crippen molar-refractivity contribution in [2.24, 2.45) is 5.92 Å². The van der Waals surface area contributed by atoms with E-state index in [1.54, 1.807) is 10.9 Å². The van der Waals surface area contributed by atoms with Crippen LogP contribution in [0.25, 0.3) is 0 Å². The van der Waals surface area contributed by atoms with Gasteiger partial charge in [0.2, 0.25) is 5.91 Å². The SMILES string of the molecule is CC[C@@H](NC(=O)Cn1cc(C)cn1)C1CC(O)C1. The van der Waals surface area contributed by atoms with Gasteiger partial charge in [-0.3, -0.25) is 9.48 Å². The molecule has 1 saturated carbocycles. The zero-order valence-corrected chi connectivity index (χ0v) is 11.0. The van der Waals surface area contributed by atoms with E-state index in [1.807, 2.05) is 13.1 Å². The number of rotatable bonds is 5. The summed E-state index contributed by atoms with van der Waals surface area (Å²) in [6.07, 6.45) is 5.94. The summed E-state index contributed by atoms with van der Waals surface area (Å²) in [7, 11) is 0. The van der Waals surface area contributed by atoms with Crippen molar-refractivity contribution in [1.82, 2.24) is 15.1 Å². The monoisotopic (exact) mass is 251 g/mol. The molecule has 1 amide bonds. The van der Waals surface area contributed by atoms with Crippen molar-refractivity contribution in [3.63, 3.8) is 0 Å². The van der Waals surface area contributed by atoms with Crippen LogP contribution in [0.5, 0.6) is 0 Å². The average Bonchev–Trinajstić information content (AvgIpc) is 2.68. The Bertz CT molecular complexity index is 410. The van der Waals surface area contributed by atoms with Gasteiger partial charge >= 0.3 is 0 Å². The maximum atomic E-state index is 11.9. The molecular weight excluding hydrogens is 230 g/mol. The van der Waals surface area contributed by atoms with E-state index in [0.29, 0.717) is 5.92 Å². The number of hydrogen-bond acceptors (Lipinski definition) is 3. The average molecular weight is 251 g/mol. The molecule has 2 N–H and O–H groups in total. The normalized spacial score (nSPS) is 24.4. The van der Waals surface area contributed by atoms with E-state index < -0.39 is 0 Å². The summed E-state index contributed by atoms with van der Waals surface area (Å²) in [5.41, 5.74) is 1.05. The van der Waals surface area contributed by atoms with Crippen LogP contribution in [0.3, 0.4) is 0 Å². The van der Waals surface area contributed by atoms with Gasteiger partial charge in [-0.15, -0.1) is 0 Å². The highest BCUT2D eigenvalue weighted by atomic mass is 16.3. The fourth-order valence-electron chi connectivity index (χ4n) is 2.46. The second-order valence-corrected chi connectivity index (χ2v) is 5.18. The minimum Gasteiger partial charge on any atom is -0.393 e. The molecular formula is C13H21N3O2. The Hall–Kier alpha value is -1.36. The van der Waals surface area contributed by atoms with Crippen molar-refractivity contribution < 1.29 is 9.90 Å². The van der Waals surface area contributed by atoms with Crippen LogP contribution in [0.2, 0.25) is 0 Å². The number of aromatic nitrogens is 2. The molecule has 1 aromatic rings. The number of carbonyl (C=O) groups is 1. The van der Waals surface area contributed by atoms with E-state index >= 15 is 0 Å². The van der Waals surface area contributed by atoms with Gasteiger partial charge in [-0.2, -0.15) is 5.10 Å². The first-order valence-corrected chi connectivity index (χ1v) is 6.55. The van der Waals surface area contributed by atoms with Crippen LogP contribution in [0.4, 0.5) is 0 Å². The van der Waals surface area contributed by atoms with Gasteiger partial charge in [-0.05, 0) is 37.7 Å². The Balaban J connectivity index is 1.82. The molecule has 1 heterocycles. The molecule has 0 spiro atoms. The Morgan fingerprint density at radius 1 is 1.67 bits per heavy atom. The summed E-state index contributed by atoms with van der Waals surface area (Å²) >= 11 is 0. The number of nitrogens with one attached hydrogen (secondary N) is 1. The third kappa shape index (κ3) is 3.10. The van der Waals surface area contributed by atoms with Crippen molar-refractivity contribution >= 4 is 5.91 Å². The topological polar surface area (TPSA) is 67.2 Å². The second kappa shape index (κ2) is 5.52. The molecule has 0 aliphatic heterocycles. The van der Waals surface area contributed by atoms with Crippen LogP contribution >= 0.6 is 0 Å². The predicted molar refractivity (Wildman–Crippen MR) is 67.9 cm³/mol. The van der Waals surface area contributed by atoms with Gasteiger partial charge in [0.05, 0.1) is 12.3 Å². The summed E-state index contributed by atoms with van der Waals surface area (Å²) in [5, 5.41) is 16.4. The molecule has 18 heavy (non-hydrogen) atoms. The summed E-state index contributed by atoms with van der Waals surface area (Å²) in [6, 6.07) is 0.178. The number of carbonyl (C=O) groups excluding carboxylic acids is 1. The van der Waals surface area contributed by atoms with Gasteiger partial charge in [0.15, 0.2) is 0 Å². The van der Waals surface area contributed by atoms with Crippen LogP contribution in [0.1, 0.15) is 31.7 Å². The predicted octanol–water partition coefficient (Wildman–Crippen LogP) is 0.857. The van der Waals surface area contributed by atoms with Crippen molar-refractivity contribution in [2.45, 2.75) is 51.8 Å². The highest BCUT2D eigenvalue weighted by Gasteiger charge is 2.33. The van der Waals surface area contributed by atoms with Crippen LogP contribution < -0.4 is 5.32 Å². The molecule has 1 atom stereocenters. The second-order valence-electron chi connectivity index (χ2n) is 5.18. The summed E-state index contributed by atoms with van der Waals surface area (Å²) < 4.78 is 1.65. The first-order chi connectivity index (χ1) is 8.58. The van der Waals surface area contributed by atoms with Gasteiger partial charge in [0.25, 0.3) is 0 Å². The van der Waals surface area contributed by atoms with Gasteiger partial charge in [0.1, 0.15) is 6.54 Å². The van der Waals surface area contributed by atoms with E-state index in [4.69, 9.17) is 0 Å². The fraction of sp³-hybridized carbons (Fsp3) is 0.692. The number of aliphatic hydroxyl groups is 1. The Morgan fingerprint density at radius 2 is 2.39 bits per heavy atom. The Kier molecular flexibility index (Phi) is 4.01. The van der Waals surface area contributed by atoms with Gasteiger partial charge in [-0.1, -0.05) is 6.92 Å². The first-order valence-electron chi connectivity index (χ1n) is 6.55. The lowest BCUT2D eigenvalue weighted by Gasteiger charge is -2.37. The number of hydrogen-bond donors (Lipinski definition) is 2. The molecule has 5 nitrogen and oxygen atoms in total. The standard InChI is InChI=1S/C13H21N3O2/c1-3-12(10-4-11(17)5-10)15-13(18)8-16-7-9(2)6-14-16/h6-7,10-12,17H,3-5,8H2,1-2H3,(H,15,18)/t10?,11?,12-/m1/s1. The minimum absolute atomic E-state index is 0.00802. The molecule has 1 aliphatic rings. The number of nitrogens with zero attached hydrogens (tertiary/aromatic N) is 2. The van der Waals surface area contributed by atoms with E-state index in [-0.39, 0.29) is 24.6 Å². The minimum atomic E-state index is -0.172. The van der Waals surface area contributed by atoms with E-state index in [0.717, 1.165) is 24.8 Å². The molecule has 5 heteroatoms. The van der Waals surface area contributed by atoms with Crippen LogP contribution in [0.15, 0.2) is 12.4 Å². The van der Waals surface area contributed by atoms with E-state index in [9.17, 15) is 9.90 Å². The maximum Gasteiger partial charge on any atom is 0.241 e.